The molecule has 1 amide bonds. The van der Waals surface area contributed by atoms with E-state index in [0.717, 1.165) is 36.1 Å². The monoisotopic (exact) mass is 632 g/mol. The van der Waals surface area contributed by atoms with Gasteiger partial charge in [0.2, 0.25) is 5.91 Å². The number of nitrogens with one attached hydrogen (secondary N) is 1. The van der Waals surface area contributed by atoms with Gasteiger partial charge in [0.05, 0.1) is 6.42 Å². The molecule has 2 aliphatic carbocycles. The number of benzene rings is 4. The van der Waals surface area contributed by atoms with Gasteiger partial charge in [0.15, 0.2) is 0 Å². The van der Waals surface area contributed by atoms with Crippen molar-refractivity contribution >= 4 is 23.5 Å². The van der Waals surface area contributed by atoms with Crippen molar-refractivity contribution in [3.8, 4) is 11.1 Å². The molecule has 1 saturated carbocycles. The van der Waals surface area contributed by atoms with E-state index in [1.807, 2.05) is 43.3 Å². The molecule has 1 unspecified atom stereocenters. The van der Waals surface area contributed by atoms with Crippen LogP contribution < -0.4 is 11.1 Å². The Kier molecular flexibility index (Phi) is 14.3. The van der Waals surface area contributed by atoms with Gasteiger partial charge in [-0.15, -0.1) is 0 Å². The van der Waals surface area contributed by atoms with Crippen LogP contribution in [0.15, 0.2) is 97.1 Å². The topological polar surface area (TPSA) is 92.4 Å². The minimum absolute atomic E-state index is 0.0180. The maximum absolute atomic E-state index is 12.6. The summed E-state index contributed by atoms with van der Waals surface area (Å²) in [5.74, 6) is 0.888. The third kappa shape index (κ3) is 10.9. The van der Waals surface area contributed by atoms with E-state index in [9.17, 15) is 9.59 Å². The van der Waals surface area contributed by atoms with Gasteiger partial charge in [-0.25, -0.2) is 0 Å². The van der Waals surface area contributed by atoms with Gasteiger partial charge in [0.1, 0.15) is 6.29 Å². The number of rotatable bonds is 7. The summed E-state index contributed by atoms with van der Waals surface area (Å²) < 4.78 is 0. The van der Waals surface area contributed by atoms with E-state index < -0.39 is 0 Å². The molecule has 0 saturated heterocycles. The molecule has 6 rings (SSSR count). The van der Waals surface area contributed by atoms with Crippen LogP contribution >= 0.6 is 0 Å². The molecule has 1 fully saturated rings. The molecule has 47 heavy (non-hydrogen) atoms. The Morgan fingerprint density at radius 3 is 1.98 bits per heavy atom. The molecule has 4 N–H and O–H groups in total. The number of hydrogen-bond donors (Lipinski definition) is 3. The third-order valence-corrected chi connectivity index (χ3v) is 9.20. The van der Waals surface area contributed by atoms with Gasteiger partial charge in [0, 0.05) is 18.4 Å². The number of allylic oxidation sites excluding steroid dienone is 2. The van der Waals surface area contributed by atoms with Crippen molar-refractivity contribution in [1.82, 2.24) is 0 Å². The minimum atomic E-state index is 0.0180. The predicted octanol–water partition coefficient (Wildman–Crippen LogP) is 9.13. The molecular weight excluding hydrogens is 580 g/mol. The fourth-order valence-corrected chi connectivity index (χ4v) is 6.08. The van der Waals surface area contributed by atoms with E-state index in [2.05, 4.69) is 92.5 Å². The number of carbonyl (C=O) groups is 2. The summed E-state index contributed by atoms with van der Waals surface area (Å²) >= 11 is 0. The van der Waals surface area contributed by atoms with Crippen LogP contribution in [-0.2, 0) is 11.2 Å². The minimum Gasteiger partial charge on any atom is -0.400 e. The fourth-order valence-electron chi connectivity index (χ4n) is 6.08. The number of anilines is 1. The van der Waals surface area contributed by atoms with Crippen molar-refractivity contribution in [2.24, 2.45) is 17.1 Å². The highest BCUT2D eigenvalue weighted by molar-refractivity contribution is 5.92. The van der Waals surface area contributed by atoms with Gasteiger partial charge >= 0.3 is 0 Å². The summed E-state index contributed by atoms with van der Waals surface area (Å²) in [6.45, 7) is 8.70. The van der Waals surface area contributed by atoms with Crippen LogP contribution in [0.1, 0.15) is 77.2 Å². The zero-order valence-corrected chi connectivity index (χ0v) is 29.0. The second-order valence-electron chi connectivity index (χ2n) is 12.7. The average Bonchev–Trinajstić information content (AvgIpc) is 3.86. The zero-order chi connectivity index (χ0) is 34.4. The molecule has 4 aromatic rings. The van der Waals surface area contributed by atoms with Gasteiger partial charge in [-0.05, 0) is 117 Å². The number of aryl methyl sites for hydroxylation is 3. The number of carbonyl (C=O) groups excluding carboxylic acids is 2. The lowest BCUT2D eigenvalue weighted by atomic mass is 9.78. The molecule has 0 aromatic heterocycles. The molecule has 0 aliphatic heterocycles. The van der Waals surface area contributed by atoms with E-state index in [1.165, 1.54) is 78.1 Å². The number of aliphatic hydroxyl groups excluding tert-OH is 1. The Hall–Kier alpha value is -4.32. The van der Waals surface area contributed by atoms with Crippen molar-refractivity contribution in [3.63, 3.8) is 0 Å². The molecule has 5 nitrogen and oxygen atoms in total. The number of amides is 1. The second-order valence-corrected chi connectivity index (χ2v) is 12.7. The van der Waals surface area contributed by atoms with Crippen molar-refractivity contribution in [2.75, 3.05) is 19.5 Å². The molecule has 5 heteroatoms. The first-order valence-corrected chi connectivity index (χ1v) is 16.5. The lowest BCUT2D eigenvalue weighted by molar-refractivity contribution is -0.115. The second kappa shape index (κ2) is 18.1. The zero-order valence-electron chi connectivity index (χ0n) is 29.0. The van der Waals surface area contributed by atoms with Gasteiger partial charge in [0.25, 0.3) is 0 Å². The molecule has 4 aromatic carbocycles. The number of aldehydes is 1. The van der Waals surface area contributed by atoms with Gasteiger partial charge in [-0.2, -0.15) is 0 Å². The van der Waals surface area contributed by atoms with E-state index in [1.54, 1.807) is 0 Å². The Labute approximate surface area is 281 Å². The van der Waals surface area contributed by atoms with Crippen molar-refractivity contribution in [3.05, 3.63) is 130 Å². The van der Waals surface area contributed by atoms with Gasteiger partial charge < -0.3 is 16.2 Å². The summed E-state index contributed by atoms with van der Waals surface area (Å²) in [4.78, 5) is 22.7. The summed E-state index contributed by atoms with van der Waals surface area (Å²) in [6, 6.07) is 30.7. The molecule has 0 heterocycles. The lowest BCUT2D eigenvalue weighted by Crippen LogP contribution is -2.15. The quantitative estimate of drug-likeness (QED) is 0.177. The number of aliphatic hydroxyl groups is 1. The van der Waals surface area contributed by atoms with Gasteiger partial charge in [-0.3, -0.25) is 9.59 Å². The first-order chi connectivity index (χ1) is 22.7. The maximum Gasteiger partial charge on any atom is 0.228 e. The molecule has 0 bridgehead atoms. The number of nitrogens with two attached hydrogens (primary N) is 1. The Balaban J connectivity index is 0.000000393. The molecule has 0 spiro atoms. The van der Waals surface area contributed by atoms with Crippen LogP contribution in [0.4, 0.5) is 5.69 Å². The summed E-state index contributed by atoms with van der Waals surface area (Å²) in [7, 11) is 2.50. The Morgan fingerprint density at radius 2 is 1.45 bits per heavy atom. The van der Waals surface area contributed by atoms with E-state index in [-0.39, 0.29) is 5.91 Å². The Morgan fingerprint density at radius 1 is 0.851 bits per heavy atom. The van der Waals surface area contributed by atoms with Crippen LogP contribution in [-0.4, -0.2) is 31.5 Å². The fraction of sp³-hybridized carbons (Fsp3) is 0.333. The summed E-state index contributed by atoms with van der Waals surface area (Å²) in [5.41, 5.74) is 16.6. The molecule has 2 aliphatic rings. The van der Waals surface area contributed by atoms with Crippen LogP contribution in [0, 0.1) is 32.1 Å². The first kappa shape index (κ1) is 37.1. The standard InChI is InChI=1S/C32H35NO.C8H8O.CH5N.CH4O/c1-22-4-17-30(23(2)20-22)27-11-15-29(16-12-27)33-31(34)21-24-5-7-25(8-6-24)26-9-13-28(14-10-26)32(3)18-19-32;1-7-2-4-8(6-9)5-3-7;2*1-2/h4-9,11-12,15-17,20,28H,10,13-14,18-19,21H2,1-3H3,(H,33,34);2-6H,1H3;2H2,1H3;2H,1H3. The van der Waals surface area contributed by atoms with Crippen molar-refractivity contribution in [1.29, 1.82) is 0 Å². The Bertz CT molecular complexity index is 1600. The first-order valence-electron chi connectivity index (χ1n) is 16.5. The lowest BCUT2D eigenvalue weighted by Gasteiger charge is -2.27. The molecule has 1 atom stereocenters. The summed E-state index contributed by atoms with van der Waals surface area (Å²) in [5, 5.41) is 10.0. The van der Waals surface area contributed by atoms with E-state index in [4.69, 9.17) is 5.11 Å². The molecular formula is C42H52N2O3. The predicted molar refractivity (Wildman–Crippen MR) is 198 cm³/mol. The van der Waals surface area contributed by atoms with Crippen molar-refractivity contribution in [2.45, 2.75) is 66.2 Å². The normalized spacial score (nSPS) is 15.6. The summed E-state index contributed by atoms with van der Waals surface area (Å²) in [6.07, 6.45) is 10.2. The highest BCUT2D eigenvalue weighted by atomic mass is 16.2. The SMILES string of the molecule is CN.CO.Cc1ccc(-c2ccc(NC(=O)Cc3ccc(C4=CCC(C5(C)CC5)CC4)cc3)cc2)c(C)c1.Cc1ccc(C=O)cc1. The van der Waals surface area contributed by atoms with Crippen LogP contribution in [0.3, 0.4) is 0 Å². The van der Waals surface area contributed by atoms with Crippen LogP contribution in [0.2, 0.25) is 0 Å². The van der Waals surface area contributed by atoms with Crippen molar-refractivity contribution < 1.29 is 14.7 Å². The maximum atomic E-state index is 12.6. The molecule has 248 valence electrons. The molecule has 0 radical (unpaired) electrons. The van der Waals surface area contributed by atoms with Gasteiger partial charge in [-0.1, -0.05) is 103 Å². The highest BCUT2D eigenvalue weighted by Crippen LogP contribution is 2.56. The van der Waals surface area contributed by atoms with Crippen LogP contribution in [0.5, 0.6) is 0 Å². The average molecular weight is 633 g/mol. The van der Waals surface area contributed by atoms with E-state index >= 15 is 0 Å². The van der Waals surface area contributed by atoms with E-state index in [0.29, 0.717) is 11.8 Å². The highest BCUT2D eigenvalue weighted by Gasteiger charge is 2.44. The largest absolute Gasteiger partial charge is 0.400 e. The smallest absolute Gasteiger partial charge is 0.228 e. The number of hydrogen-bond acceptors (Lipinski definition) is 4. The van der Waals surface area contributed by atoms with Crippen LogP contribution in [0.25, 0.3) is 16.7 Å². The third-order valence-electron chi connectivity index (χ3n) is 9.20.